The number of hydrogen-bond acceptors (Lipinski definition) is 5. The Kier molecular flexibility index (Phi) is 7.34. The molecule has 1 saturated heterocycles. The van der Waals surface area contributed by atoms with Crippen LogP contribution in [0.1, 0.15) is 24.0 Å². The summed E-state index contributed by atoms with van der Waals surface area (Å²) in [5, 5.41) is 12.4. The number of ether oxygens (including phenoxy) is 1. The van der Waals surface area contributed by atoms with Crippen LogP contribution in [-0.2, 0) is 25.0 Å². The van der Waals surface area contributed by atoms with Gasteiger partial charge < -0.3 is 10.1 Å². The fraction of sp³-hybridized carbons (Fsp3) is 0.364. The highest BCUT2D eigenvalue weighted by Gasteiger charge is 2.35. The molecule has 1 aliphatic heterocycles. The molecule has 0 bridgehead atoms. The minimum atomic E-state index is -3.85. The molecular weight excluding hydrogens is 438 g/mol. The Morgan fingerprint density at radius 2 is 1.77 bits per heavy atom. The summed E-state index contributed by atoms with van der Waals surface area (Å²) < 4.78 is 32.0. The van der Waals surface area contributed by atoms with Gasteiger partial charge in [0.2, 0.25) is 15.9 Å². The standard InChI is InChI=1S/C22H24ClN3O4S/c1-26(31(28,29)20-8-2-17(14-24)3-9-20)15-21(27)25-16-22(10-12-30-13-11-22)18-4-6-19(23)7-5-18/h2-9H,10-13,15-16H2,1H3,(H,25,27). The lowest BCUT2D eigenvalue weighted by molar-refractivity contribution is -0.121. The second kappa shape index (κ2) is 9.79. The zero-order valence-electron chi connectivity index (χ0n) is 17.2. The number of halogens is 1. The summed E-state index contributed by atoms with van der Waals surface area (Å²) in [5.41, 5.74) is 1.14. The number of rotatable bonds is 7. The Bertz CT molecular complexity index is 1060. The molecule has 164 valence electrons. The number of nitrogens with one attached hydrogen (secondary N) is 1. The van der Waals surface area contributed by atoms with E-state index in [9.17, 15) is 13.2 Å². The van der Waals surface area contributed by atoms with Gasteiger partial charge in [0.25, 0.3) is 0 Å². The van der Waals surface area contributed by atoms with Crippen molar-refractivity contribution in [3.63, 3.8) is 0 Å². The van der Waals surface area contributed by atoms with Crippen LogP contribution in [0, 0.1) is 11.3 Å². The molecule has 0 unspecified atom stereocenters. The lowest BCUT2D eigenvalue weighted by Gasteiger charge is -2.38. The fourth-order valence-electron chi connectivity index (χ4n) is 3.63. The molecule has 0 spiro atoms. The Morgan fingerprint density at radius 1 is 1.16 bits per heavy atom. The van der Waals surface area contributed by atoms with Gasteiger partial charge >= 0.3 is 0 Å². The largest absolute Gasteiger partial charge is 0.381 e. The van der Waals surface area contributed by atoms with E-state index in [1.165, 1.54) is 31.3 Å². The van der Waals surface area contributed by atoms with Crippen LogP contribution in [0.4, 0.5) is 0 Å². The van der Waals surface area contributed by atoms with Crippen LogP contribution < -0.4 is 5.32 Å². The number of carbonyl (C=O) groups excluding carboxylic acids is 1. The van der Waals surface area contributed by atoms with E-state index in [4.69, 9.17) is 21.6 Å². The molecule has 1 N–H and O–H groups in total. The molecular formula is C22H24ClN3O4S. The number of nitriles is 1. The average molecular weight is 462 g/mol. The molecule has 0 radical (unpaired) electrons. The number of amides is 1. The van der Waals surface area contributed by atoms with E-state index in [-0.39, 0.29) is 22.8 Å². The molecule has 7 nitrogen and oxygen atoms in total. The van der Waals surface area contributed by atoms with E-state index in [2.05, 4.69) is 5.32 Å². The van der Waals surface area contributed by atoms with E-state index >= 15 is 0 Å². The van der Waals surface area contributed by atoms with Crippen LogP contribution >= 0.6 is 11.6 Å². The molecule has 0 aliphatic carbocycles. The summed E-state index contributed by atoms with van der Waals surface area (Å²) in [6, 6.07) is 15.1. The zero-order chi connectivity index (χ0) is 22.5. The second-order valence-corrected chi connectivity index (χ2v) is 10.1. The topological polar surface area (TPSA) is 99.5 Å². The van der Waals surface area contributed by atoms with Crippen LogP contribution in [0.25, 0.3) is 0 Å². The Morgan fingerprint density at radius 3 is 2.35 bits per heavy atom. The fourth-order valence-corrected chi connectivity index (χ4v) is 4.88. The maximum absolute atomic E-state index is 12.7. The summed E-state index contributed by atoms with van der Waals surface area (Å²) in [5.74, 6) is -0.389. The predicted molar refractivity (Wildman–Crippen MR) is 117 cm³/mol. The zero-order valence-corrected chi connectivity index (χ0v) is 18.7. The van der Waals surface area contributed by atoms with Crippen LogP contribution in [0.15, 0.2) is 53.4 Å². The van der Waals surface area contributed by atoms with E-state index < -0.39 is 10.0 Å². The predicted octanol–water partition coefficient (Wildman–Crippen LogP) is 2.70. The quantitative estimate of drug-likeness (QED) is 0.683. The number of likely N-dealkylation sites (N-methyl/N-ethyl adjacent to an activating group) is 1. The van der Waals surface area contributed by atoms with E-state index in [0.717, 1.165) is 22.7 Å². The monoisotopic (exact) mass is 461 g/mol. The van der Waals surface area contributed by atoms with E-state index in [0.29, 0.717) is 30.3 Å². The summed E-state index contributed by atoms with van der Waals surface area (Å²) in [6.07, 6.45) is 1.49. The average Bonchev–Trinajstić information content (AvgIpc) is 2.78. The highest BCUT2D eigenvalue weighted by Crippen LogP contribution is 2.35. The molecule has 31 heavy (non-hydrogen) atoms. The normalized spacial score (nSPS) is 15.9. The Balaban J connectivity index is 1.67. The molecule has 9 heteroatoms. The van der Waals surface area contributed by atoms with Gasteiger partial charge in [-0.2, -0.15) is 9.57 Å². The Hall–Kier alpha value is -2.44. The van der Waals surface area contributed by atoms with Gasteiger partial charge in [-0.15, -0.1) is 0 Å². The minimum Gasteiger partial charge on any atom is -0.381 e. The van der Waals surface area contributed by atoms with Gasteiger partial charge in [-0.1, -0.05) is 23.7 Å². The second-order valence-electron chi connectivity index (χ2n) is 7.57. The third-order valence-electron chi connectivity index (χ3n) is 5.59. The van der Waals surface area contributed by atoms with Crippen LogP contribution in [0.3, 0.4) is 0 Å². The van der Waals surface area contributed by atoms with Crippen molar-refractivity contribution in [1.29, 1.82) is 5.26 Å². The van der Waals surface area contributed by atoms with Crippen molar-refractivity contribution < 1.29 is 17.9 Å². The lowest BCUT2D eigenvalue weighted by atomic mass is 9.74. The van der Waals surface area contributed by atoms with Gasteiger partial charge in [-0.25, -0.2) is 8.42 Å². The minimum absolute atomic E-state index is 0.0314. The van der Waals surface area contributed by atoms with Crippen molar-refractivity contribution in [3.8, 4) is 6.07 Å². The Labute approximate surface area is 187 Å². The lowest BCUT2D eigenvalue weighted by Crippen LogP contribution is -2.47. The third kappa shape index (κ3) is 5.43. The molecule has 3 rings (SSSR count). The maximum Gasteiger partial charge on any atom is 0.243 e. The first kappa shape index (κ1) is 23.2. The van der Waals surface area contributed by atoms with Crippen LogP contribution in [0.2, 0.25) is 5.02 Å². The summed E-state index contributed by atoms with van der Waals surface area (Å²) in [6.45, 7) is 1.24. The van der Waals surface area contributed by atoms with Gasteiger partial charge in [0.05, 0.1) is 23.1 Å². The van der Waals surface area contributed by atoms with Gasteiger partial charge in [0.15, 0.2) is 0 Å². The number of hydrogen-bond donors (Lipinski definition) is 1. The van der Waals surface area contributed by atoms with Gasteiger partial charge in [-0.05, 0) is 54.8 Å². The van der Waals surface area contributed by atoms with Crippen molar-refractivity contribution in [2.24, 2.45) is 0 Å². The number of nitrogens with zero attached hydrogens (tertiary/aromatic N) is 2. The first-order chi connectivity index (χ1) is 14.8. The molecule has 0 atom stereocenters. The van der Waals surface area contributed by atoms with Gasteiger partial charge in [0.1, 0.15) is 0 Å². The molecule has 1 aliphatic rings. The van der Waals surface area contributed by atoms with E-state index in [1.54, 1.807) is 0 Å². The van der Waals surface area contributed by atoms with Crippen molar-refractivity contribution >= 4 is 27.5 Å². The number of carbonyl (C=O) groups is 1. The summed E-state index contributed by atoms with van der Waals surface area (Å²) in [7, 11) is -2.49. The molecule has 0 saturated carbocycles. The molecule has 1 heterocycles. The van der Waals surface area contributed by atoms with Gasteiger partial charge in [-0.3, -0.25) is 4.79 Å². The molecule has 2 aromatic rings. The first-order valence-corrected chi connectivity index (χ1v) is 11.7. The maximum atomic E-state index is 12.7. The van der Waals surface area contributed by atoms with Crippen molar-refractivity contribution in [2.45, 2.75) is 23.2 Å². The highest BCUT2D eigenvalue weighted by molar-refractivity contribution is 7.89. The summed E-state index contributed by atoms with van der Waals surface area (Å²) >= 11 is 6.02. The van der Waals surface area contributed by atoms with Crippen molar-refractivity contribution in [1.82, 2.24) is 9.62 Å². The number of benzene rings is 2. The van der Waals surface area contributed by atoms with Crippen molar-refractivity contribution in [2.75, 3.05) is 33.4 Å². The highest BCUT2D eigenvalue weighted by atomic mass is 35.5. The number of sulfonamides is 1. The molecule has 1 fully saturated rings. The summed E-state index contributed by atoms with van der Waals surface area (Å²) in [4.78, 5) is 12.6. The molecule has 0 aromatic heterocycles. The SMILES string of the molecule is CN(CC(=O)NCC1(c2ccc(Cl)cc2)CCOCC1)S(=O)(=O)c1ccc(C#N)cc1. The molecule has 2 aromatic carbocycles. The van der Waals surface area contributed by atoms with Gasteiger partial charge in [0, 0.05) is 37.2 Å². The van der Waals surface area contributed by atoms with E-state index in [1.807, 2.05) is 30.3 Å². The smallest absolute Gasteiger partial charge is 0.243 e. The first-order valence-electron chi connectivity index (χ1n) is 9.84. The van der Waals surface area contributed by atoms with Crippen LogP contribution in [-0.4, -0.2) is 52.0 Å². The van der Waals surface area contributed by atoms with Crippen molar-refractivity contribution in [3.05, 3.63) is 64.7 Å². The van der Waals surface area contributed by atoms with Crippen LogP contribution in [0.5, 0.6) is 0 Å². The molecule has 1 amide bonds. The third-order valence-corrected chi connectivity index (χ3v) is 7.66.